The van der Waals surface area contributed by atoms with Gasteiger partial charge in [-0.25, -0.2) is 25.5 Å². The molecular weight excluding hydrogens is 379 g/mol. The summed E-state index contributed by atoms with van der Waals surface area (Å²) in [6.45, 7) is 0.206. The van der Waals surface area contributed by atoms with E-state index in [-0.39, 0.29) is 17.0 Å². The van der Waals surface area contributed by atoms with E-state index in [1.165, 1.54) is 54.8 Å². The van der Waals surface area contributed by atoms with Gasteiger partial charge in [-0.15, -0.1) is 0 Å². The van der Waals surface area contributed by atoms with Crippen molar-refractivity contribution in [3.63, 3.8) is 0 Å². The summed E-state index contributed by atoms with van der Waals surface area (Å²) >= 11 is 0. The van der Waals surface area contributed by atoms with Gasteiger partial charge in [-0.3, -0.25) is 4.31 Å². The van der Waals surface area contributed by atoms with Crippen LogP contribution in [0.15, 0.2) is 47.4 Å². The van der Waals surface area contributed by atoms with Crippen molar-refractivity contribution in [1.29, 1.82) is 0 Å². The summed E-state index contributed by atoms with van der Waals surface area (Å²) in [5, 5.41) is 0. The second-order valence-corrected chi connectivity index (χ2v) is 10.3. The third kappa shape index (κ3) is 3.34. The maximum atomic E-state index is 13.8. The second-order valence-electron chi connectivity index (χ2n) is 6.25. The monoisotopic (exact) mass is 398 g/mol. The molecule has 6 nitrogen and oxygen atoms in total. The molecule has 0 spiro atoms. The number of hydrogen-bond acceptors (Lipinski definition) is 4. The Bertz CT molecular complexity index is 1050. The minimum absolute atomic E-state index is 0.104. The number of nitrogens with zero attached hydrogens (tertiary/aromatic N) is 2. The summed E-state index contributed by atoms with van der Waals surface area (Å²) in [6.07, 6.45) is 0.405. The van der Waals surface area contributed by atoms with Gasteiger partial charge in [0, 0.05) is 26.2 Å². The molecule has 0 radical (unpaired) electrons. The molecule has 0 atom stereocenters. The smallest absolute Gasteiger partial charge is 0.242 e. The Labute approximate surface area is 153 Å². The molecule has 0 aliphatic carbocycles. The fourth-order valence-electron chi connectivity index (χ4n) is 2.90. The number of anilines is 1. The fourth-order valence-corrected chi connectivity index (χ4v) is 5.48. The van der Waals surface area contributed by atoms with Crippen LogP contribution in [-0.4, -0.2) is 41.8 Å². The average molecular weight is 398 g/mol. The molecule has 0 amide bonds. The van der Waals surface area contributed by atoms with Gasteiger partial charge in [-0.05, 0) is 36.2 Å². The van der Waals surface area contributed by atoms with Gasteiger partial charge < -0.3 is 0 Å². The van der Waals surface area contributed by atoms with E-state index in [4.69, 9.17) is 0 Å². The molecule has 3 rings (SSSR count). The zero-order valence-corrected chi connectivity index (χ0v) is 16.0. The van der Waals surface area contributed by atoms with Crippen molar-refractivity contribution >= 4 is 25.7 Å². The van der Waals surface area contributed by atoms with E-state index >= 15 is 0 Å². The van der Waals surface area contributed by atoms with Gasteiger partial charge in [0.05, 0.1) is 16.3 Å². The highest BCUT2D eigenvalue weighted by Gasteiger charge is 2.31. The van der Waals surface area contributed by atoms with Crippen LogP contribution in [0.2, 0.25) is 0 Å². The Morgan fingerprint density at radius 3 is 2.42 bits per heavy atom. The lowest BCUT2D eigenvalue weighted by Crippen LogP contribution is -2.30. The Balaban J connectivity index is 1.94. The predicted octanol–water partition coefficient (Wildman–Crippen LogP) is 1.97. The molecule has 0 bridgehead atoms. The van der Waals surface area contributed by atoms with E-state index in [2.05, 4.69) is 0 Å². The van der Waals surface area contributed by atoms with Gasteiger partial charge >= 0.3 is 0 Å². The fraction of sp³-hybridized carbons (Fsp3) is 0.294. The molecular formula is C17H19FN2O4S2. The molecule has 2 aromatic carbocycles. The van der Waals surface area contributed by atoms with Crippen molar-refractivity contribution in [2.24, 2.45) is 0 Å². The summed E-state index contributed by atoms with van der Waals surface area (Å²) in [4.78, 5) is 0.120. The first-order chi connectivity index (χ1) is 12.1. The minimum Gasteiger partial charge on any atom is -0.269 e. The van der Waals surface area contributed by atoms with Crippen LogP contribution in [0.4, 0.5) is 10.1 Å². The van der Waals surface area contributed by atoms with Crippen molar-refractivity contribution in [1.82, 2.24) is 4.31 Å². The van der Waals surface area contributed by atoms with E-state index in [1.807, 2.05) is 0 Å². The number of fused-ring (bicyclic) bond motifs is 1. The zero-order chi connectivity index (χ0) is 19.1. The van der Waals surface area contributed by atoms with Gasteiger partial charge in [-0.2, -0.15) is 0 Å². The van der Waals surface area contributed by atoms with Crippen LogP contribution in [-0.2, 0) is 32.2 Å². The van der Waals surface area contributed by atoms with Crippen LogP contribution < -0.4 is 4.31 Å². The zero-order valence-electron chi connectivity index (χ0n) is 14.4. The Hall–Kier alpha value is -1.97. The van der Waals surface area contributed by atoms with Gasteiger partial charge in [0.1, 0.15) is 5.82 Å². The molecule has 9 heteroatoms. The summed E-state index contributed by atoms with van der Waals surface area (Å²) in [5.74, 6) is -1.01. The molecule has 0 aromatic heterocycles. The van der Waals surface area contributed by atoms with Crippen molar-refractivity contribution in [3.05, 3.63) is 59.4 Å². The molecule has 2 aromatic rings. The highest BCUT2D eigenvalue weighted by molar-refractivity contribution is 7.92. The molecule has 0 N–H and O–H groups in total. The van der Waals surface area contributed by atoms with E-state index in [9.17, 15) is 21.2 Å². The molecule has 0 unspecified atom stereocenters. The molecule has 0 saturated heterocycles. The van der Waals surface area contributed by atoms with Crippen molar-refractivity contribution in [3.8, 4) is 0 Å². The molecule has 1 heterocycles. The number of halogens is 1. The minimum atomic E-state index is -3.78. The Morgan fingerprint density at radius 2 is 1.77 bits per heavy atom. The lowest BCUT2D eigenvalue weighted by atomic mass is 10.2. The predicted molar refractivity (Wildman–Crippen MR) is 97.4 cm³/mol. The highest BCUT2D eigenvalue weighted by atomic mass is 32.2. The van der Waals surface area contributed by atoms with E-state index in [1.54, 1.807) is 6.07 Å². The first kappa shape index (κ1) is 18.8. The van der Waals surface area contributed by atoms with Crippen LogP contribution in [0, 0.1) is 5.82 Å². The van der Waals surface area contributed by atoms with Crippen LogP contribution in [0.1, 0.15) is 11.1 Å². The first-order valence-corrected chi connectivity index (χ1v) is 11.0. The second kappa shape index (κ2) is 6.64. The first-order valence-electron chi connectivity index (χ1n) is 7.92. The van der Waals surface area contributed by atoms with E-state index < -0.39 is 31.6 Å². The number of benzene rings is 2. The van der Waals surface area contributed by atoms with Gasteiger partial charge in [0.15, 0.2) is 0 Å². The summed E-state index contributed by atoms with van der Waals surface area (Å²) < 4.78 is 66.1. The van der Waals surface area contributed by atoms with Crippen LogP contribution in [0.3, 0.4) is 0 Å². The molecule has 140 valence electrons. The lowest BCUT2D eigenvalue weighted by Gasteiger charge is -2.20. The van der Waals surface area contributed by atoms with Gasteiger partial charge in [0.25, 0.3) is 0 Å². The van der Waals surface area contributed by atoms with E-state index in [0.29, 0.717) is 17.7 Å². The molecule has 1 aliphatic rings. The molecule has 0 fully saturated rings. The SMILES string of the molecule is CN(C)S(=O)(=O)c1ccc2c(c1)CCN2S(=O)(=O)Cc1ccccc1F. The van der Waals surface area contributed by atoms with Crippen molar-refractivity contribution in [2.45, 2.75) is 17.1 Å². The number of hydrogen-bond donors (Lipinski definition) is 0. The normalized spacial score (nSPS) is 14.7. The maximum absolute atomic E-state index is 13.8. The summed E-state index contributed by atoms with van der Waals surface area (Å²) in [5.41, 5.74) is 1.19. The van der Waals surface area contributed by atoms with Gasteiger partial charge in [0.2, 0.25) is 20.0 Å². The number of sulfonamides is 2. The van der Waals surface area contributed by atoms with Crippen LogP contribution in [0.5, 0.6) is 0 Å². The topological polar surface area (TPSA) is 74.8 Å². The average Bonchev–Trinajstić information content (AvgIpc) is 3.00. The summed E-state index contributed by atoms with van der Waals surface area (Å²) in [6, 6.07) is 10.2. The Morgan fingerprint density at radius 1 is 1.08 bits per heavy atom. The van der Waals surface area contributed by atoms with Gasteiger partial charge in [-0.1, -0.05) is 18.2 Å². The number of rotatable bonds is 5. The molecule has 0 saturated carbocycles. The quantitative estimate of drug-likeness (QED) is 0.772. The van der Waals surface area contributed by atoms with Crippen molar-refractivity contribution in [2.75, 3.05) is 24.9 Å². The van der Waals surface area contributed by atoms with Crippen LogP contribution >= 0.6 is 0 Å². The maximum Gasteiger partial charge on any atom is 0.242 e. The van der Waals surface area contributed by atoms with Crippen molar-refractivity contribution < 1.29 is 21.2 Å². The molecule has 26 heavy (non-hydrogen) atoms. The Kier molecular flexibility index (Phi) is 4.80. The van der Waals surface area contributed by atoms with Crippen LogP contribution in [0.25, 0.3) is 0 Å². The standard InChI is InChI=1S/C17H19FN2O4S2/c1-19(2)26(23,24)15-7-8-17-13(11-15)9-10-20(17)25(21,22)12-14-5-3-4-6-16(14)18/h3-8,11H,9-10,12H2,1-2H3. The lowest BCUT2D eigenvalue weighted by molar-refractivity contribution is 0.520. The highest BCUT2D eigenvalue weighted by Crippen LogP contribution is 2.33. The summed E-state index contributed by atoms with van der Waals surface area (Å²) in [7, 11) is -4.49. The third-order valence-corrected chi connectivity index (χ3v) is 7.85. The van der Waals surface area contributed by atoms with E-state index in [0.717, 1.165) is 4.31 Å². The third-order valence-electron chi connectivity index (χ3n) is 4.31. The molecule has 1 aliphatic heterocycles. The largest absolute Gasteiger partial charge is 0.269 e.